The SMILES string of the molecule is Cc1cccc(Sc2ccccc2C2CCCNC2)c1C.O=C(O)C(F)(F)F. The molecule has 2 aromatic carbocycles. The van der Waals surface area contributed by atoms with Crippen molar-refractivity contribution in [3.05, 3.63) is 59.2 Å². The van der Waals surface area contributed by atoms with E-state index in [1.807, 2.05) is 11.8 Å². The molecule has 2 aromatic rings. The van der Waals surface area contributed by atoms with E-state index in [1.165, 1.54) is 45.9 Å². The summed E-state index contributed by atoms with van der Waals surface area (Å²) in [5, 5.41) is 10.7. The fourth-order valence-electron chi connectivity index (χ4n) is 2.98. The van der Waals surface area contributed by atoms with Crippen LogP contribution in [0.1, 0.15) is 35.4 Å². The second-order valence-corrected chi connectivity index (χ2v) is 7.77. The number of piperidine rings is 1. The summed E-state index contributed by atoms with van der Waals surface area (Å²) in [7, 11) is 0. The number of carbonyl (C=O) groups is 1. The van der Waals surface area contributed by atoms with Crippen LogP contribution in [0.2, 0.25) is 0 Å². The van der Waals surface area contributed by atoms with Crippen molar-refractivity contribution < 1.29 is 23.1 Å². The van der Waals surface area contributed by atoms with Crippen molar-refractivity contribution in [3.63, 3.8) is 0 Å². The van der Waals surface area contributed by atoms with Gasteiger partial charge in [0.1, 0.15) is 0 Å². The topological polar surface area (TPSA) is 49.3 Å². The molecular weight excluding hydrogens is 387 g/mol. The summed E-state index contributed by atoms with van der Waals surface area (Å²) in [4.78, 5) is 11.7. The van der Waals surface area contributed by atoms with Gasteiger partial charge in [0.15, 0.2) is 0 Å². The van der Waals surface area contributed by atoms with Crippen molar-refractivity contribution >= 4 is 17.7 Å². The van der Waals surface area contributed by atoms with Crippen LogP contribution in [0, 0.1) is 13.8 Å². The van der Waals surface area contributed by atoms with E-state index < -0.39 is 12.1 Å². The Kier molecular flexibility index (Phi) is 7.95. The van der Waals surface area contributed by atoms with Crippen LogP contribution in [-0.4, -0.2) is 30.3 Å². The number of rotatable bonds is 3. The van der Waals surface area contributed by atoms with E-state index in [9.17, 15) is 13.2 Å². The molecule has 0 aromatic heterocycles. The lowest BCUT2D eigenvalue weighted by molar-refractivity contribution is -0.192. The summed E-state index contributed by atoms with van der Waals surface area (Å²) in [6.45, 7) is 6.70. The number of carboxylic acids is 1. The third kappa shape index (κ3) is 6.27. The molecule has 0 aliphatic carbocycles. The highest BCUT2D eigenvalue weighted by Crippen LogP contribution is 2.37. The number of carboxylic acid groups (broad SMARTS) is 1. The van der Waals surface area contributed by atoms with Gasteiger partial charge in [-0.2, -0.15) is 13.2 Å². The first-order valence-electron chi connectivity index (χ1n) is 9.04. The van der Waals surface area contributed by atoms with Crippen molar-refractivity contribution in [2.45, 2.75) is 48.6 Å². The number of halogens is 3. The normalized spacial score (nSPS) is 16.8. The predicted octanol–water partition coefficient (Wildman–Crippen LogP) is 5.55. The highest BCUT2D eigenvalue weighted by Gasteiger charge is 2.38. The summed E-state index contributed by atoms with van der Waals surface area (Å²) >= 11 is 1.92. The van der Waals surface area contributed by atoms with Gasteiger partial charge in [-0.25, -0.2) is 4.79 Å². The van der Waals surface area contributed by atoms with Gasteiger partial charge >= 0.3 is 12.1 Å². The van der Waals surface area contributed by atoms with Crippen LogP contribution >= 0.6 is 11.8 Å². The van der Waals surface area contributed by atoms with Gasteiger partial charge in [0.2, 0.25) is 0 Å². The van der Waals surface area contributed by atoms with E-state index in [0.29, 0.717) is 5.92 Å². The van der Waals surface area contributed by atoms with Crippen molar-refractivity contribution in [1.29, 1.82) is 0 Å². The predicted molar refractivity (Wildman–Crippen MR) is 105 cm³/mol. The number of nitrogens with one attached hydrogen (secondary N) is 1. The Bertz CT molecular complexity index is 802. The smallest absolute Gasteiger partial charge is 0.475 e. The molecule has 1 unspecified atom stereocenters. The Morgan fingerprint density at radius 3 is 2.36 bits per heavy atom. The summed E-state index contributed by atoms with van der Waals surface area (Å²) in [5.74, 6) is -2.10. The third-order valence-corrected chi connectivity index (χ3v) is 5.93. The fraction of sp³-hybridized carbons (Fsp3) is 0.381. The van der Waals surface area contributed by atoms with Crippen LogP contribution in [0.5, 0.6) is 0 Å². The maximum absolute atomic E-state index is 10.6. The zero-order valence-corrected chi connectivity index (χ0v) is 16.7. The van der Waals surface area contributed by atoms with Crippen molar-refractivity contribution in [3.8, 4) is 0 Å². The minimum atomic E-state index is -5.08. The van der Waals surface area contributed by atoms with Crippen LogP contribution in [0.25, 0.3) is 0 Å². The lowest BCUT2D eigenvalue weighted by atomic mass is 9.92. The molecule has 7 heteroatoms. The zero-order chi connectivity index (χ0) is 20.7. The number of aliphatic carboxylic acids is 1. The average molecular weight is 411 g/mol. The number of alkyl halides is 3. The second kappa shape index (κ2) is 9.98. The Hall–Kier alpha value is -1.99. The van der Waals surface area contributed by atoms with Gasteiger partial charge < -0.3 is 10.4 Å². The number of aryl methyl sites for hydroxylation is 1. The largest absolute Gasteiger partial charge is 0.490 e. The quantitative estimate of drug-likeness (QED) is 0.695. The molecule has 0 radical (unpaired) electrons. The van der Waals surface area contributed by atoms with E-state index in [1.54, 1.807) is 0 Å². The molecule has 0 saturated carbocycles. The Morgan fingerprint density at radius 1 is 1.11 bits per heavy atom. The first-order chi connectivity index (χ1) is 13.2. The summed E-state index contributed by atoms with van der Waals surface area (Å²) in [5.41, 5.74) is 4.28. The molecule has 1 saturated heterocycles. The van der Waals surface area contributed by atoms with E-state index in [2.05, 4.69) is 61.6 Å². The molecule has 1 atom stereocenters. The van der Waals surface area contributed by atoms with Crippen LogP contribution in [0.3, 0.4) is 0 Å². The van der Waals surface area contributed by atoms with Gasteiger partial charge in [0.25, 0.3) is 0 Å². The van der Waals surface area contributed by atoms with Crippen LogP contribution in [0.15, 0.2) is 52.3 Å². The van der Waals surface area contributed by atoms with Crippen LogP contribution in [0.4, 0.5) is 13.2 Å². The first-order valence-corrected chi connectivity index (χ1v) is 9.85. The van der Waals surface area contributed by atoms with Crippen molar-refractivity contribution in [2.75, 3.05) is 13.1 Å². The van der Waals surface area contributed by atoms with Gasteiger partial charge in [-0.05, 0) is 68.0 Å². The molecule has 0 spiro atoms. The first kappa shape index (κ1) is 22.3. The highest BCUT2D eigenvalue weighted by molar-refractivity contribution is 7.99. The number of hydrogen-bond donors (Lipinski definition) is 2. The molecule has 2 N–H and O–H groups in total. The van der Waals surface area contributed by atoms with E-state index in [0.717, 1.165) is 6.54 Å². The second-order valence-electron chi connectivity index (χ2n) is 6.68. The maximum atomic E-state index is 10.6. The third-order valence-electron chi connectivity index (χ3n) is 4.67. The van der Waals surface area contributed by atoms with E-state index in [-0.39, 0.29) is 0 Å². The van der Waals surface area contributed by atoms with Crippen LogP contribution in [-0.2, 0) is 4.79 Å². The van der Waals surface area contributed by atoms with Gasteiger partial charge in [-0.15, -0.1) is 0 Å². The minimum Gasteiger partial charge on any atom is -0.475 e. The molecule has 1 aliphatic heterocycles. The molecule has 0 amide bonds. The summed E-state index contributed by atoms with van der Waals surface area (Å²) < 4.78 is 31.7. The average Bonchev–Trinajstić information content (AvgIpc) is 2.66. The monoisotopic (exact) mass is 411 g/mol. The van der Waals surface area contributed by atoms with Crippen LogP contribution < -0.4 is 5.32 Å². The number of benzene rings is 2. The summed E-state index contributed by atoms with van der Waals surface area (Å²) in [6.07, 6.45) is -2.50. The molecule has 3 rings (SSSR count). The summed E-state index contributed by atoms with van der Waals surface area (Å²) in [6, 6.07) is 15.5. The lowest BCUT2D eigenvalue weighted by Gasteiger charge is -2.25. The van der Waals surface area contributed by atoms with E-state index >= 15 is 0 Å². The van der Waals surface area contributed by atoms with Gasteiger partial charge in [0.05, 0.1) is 0 Å². The molecule has 28 heavy (non-hydrogen) atoms. The number of hydrogen-bond acceptors (Lipinski definition) is 3. The molecular formula is C21H24F3NO2S. The molecule has 1 fully saturated rings. The molecule has 152 valence electrons. The standard InChI is InChI=1S/C19H23NS.C2HF3O2/c1-14-7-5-11-18(15(14)2)21-19-10-4-3-9-17(19)16-8-6-12-20-13-16;3-2(4,5)1(6)7/h3-5,7,9-11,16,20H,6,8,12-13H2,1-2H3;(H,6,7). The van der Waals surface area contributed by atoms with Gasteiger partial charge in [-0.1, -0.05) is 42.1 Å². The molecule has 1 heterocycles. The van der Waals surface area contributed by atoms with Gasteiger partial charge in [0, 0.05) is 16.3 Å². The highest BCUT2D eigenvalue weighted by atomic mass is 32.2. The van der Waals surface area contributed by atoms with Crippen molar-refractivity contribution in [2.24, 2.45) is 0 Å². The maximum Gasteiger partial charge on any atom is 0.490 e. The minimum absolute atomic E-state index is 0.660. The zero-order valence-electron chi connectivity index (χ0n) is 15.8. The van der Waals surface area contributed by atoms with Crippen molar-refractivity contribution in [1.82, 2.24) is 5.32 Å². The Balaban J connectivity index is 0.000000345. The van der Waals surface area contributed by atoms with Gasteiger partial charge in [-0.3, -0.25) is 0 Å². The lowest BCUT2D eigenvalue weighted by Crippen LogP contribution is -2.28. The Labute approximate surface area is 167 Å². The fourth-order valence-corrected chi connectivity index (χ4v) is 4.18. The molecule has 3 nitrogen and oxygen atoms in total. The molecule has 0 bridgehead atoms. The Morgan fingerprint density at radius 2 is 1.75 bits per heavy atom. The molecule has 1 aliphatic rings. The van der Waals surface area contributed by atoms with E-state index in [4.69, 9.17) is 9.90 Å².